The number of ether oxygens (including phenoxy) is 2. The van der Waals surface area contributed by atoms with Crippen LogP contribution >= 0.6 is 11.6 Å². The molecule has 0 radical (unpaired) electrons. The van der Waals surface area contributed by atoms with E-state index >= 15 is 0 Å². The van der Waals surface area contributed by atoms with E-state index in [2.05, 4.69) is 5.32 Å². The van der Waals surface area contributed by atoms with Gasteiger partial charge in [0.15, 0.2) is 5.79 Å². The molecule has 0 aromatic heterocycles. The molecule has 1 heterocycles. The lowest BCUT2D eigenvalue weighted by molar-refractivity contribution is -0.137. The maximum Gasteiger partial charge on any atom is 0.251 e. The van der Waals surface area contributed by atoms with Crippen molar-refractivity contribution in [1.29, 1.82) is 0 Å². The van der Waals surface area contributed by atoms with Crippen molar-refractivity contribution in [2.75, 3.05) is 13.2 Å². The summed E-state index contributed by atoms with van der Waals surface area (Å²) >= 11 is 5.70. The quantitative estimate of drug-likeness (QED) is 0.863. The van der Waals surface area contributed by atoms with Gasteiger partial charge in [-0.15, -0.1) is 11.6 Å². The molecule has 0 aliphatic carbocycles. The predicted octanol–water partition coefficient (Wildman–Crippen LogP) is 2.31. The van der Waals surface area contributed by atoms with Crippen LogP contribution in [-0.2, 0) is 15.4 Å². The SMILES string of the molecule is CC1(C)OCC(CNC(=O)c2ccc(CCl)cc2)O1. The normalized spacial score (nSPS) is 21.3. The van der Waals surface area contributed by atoms with E-state index in [0.29, 0.717) is 24.6 Å². The third-order valence-corrected chi connectivity index (χ3v) is 3.24. The van der Waals surface area contributed by atoms with Crippen LogP contribution in [0.2, 0.25) is 0 Å². The summed E-state index contributed by atoms with van der Waals surface area (Å²) in [6, 6.07) is 7.23. The number of rotatable bonds is 4. The maximum atomic E-state index is 11.9. The van der Waals surface area contributed by atoms with E-state index in [1.807, 2.05) is 26.0 Å². The Morgan fingerprint density at radius 2 is 2.11 bits per heavy atom. The second-order valence-electron chi connectivity index (χ2n) is 4.99. The van der Waals surface area contributed by atoms with Crippen molar-refractivity contribution >= 4 is 17.5 Å². The van der Waals surface area contributed by atoms with Crippen LogP contribution in [0.15, 0.2) is 24.3 Å². The molecule has 2 rings (SSSR count). The van der Waals surface area contributed by atoms with Crippen LogP contribution in [0.3, 0.4) is 0 Å². The Morgan fingerprint density at radius 1 is 1.42 bits per heavy atom. The fourth-order valence-corrected chi connectivity index (χ4v) is 2.10. The minimum atomic E-state index is -0.558. The van der Waals surface area contributed by atoms with E-state index in [1.54, 1.807) is 12.1 Å². The predicted molar refractivity (Wildman–Crippen MR) is 73.2 cm³/mol. The van der Waals surface area contributed by atoms with Crippen LogP contribution in [0.4, 0.5) is 0 Å². The van der Waals surface area contributed by atoms with Crippen LogP contribution < -0.4 is 5.32 Å². The number of carbonyl (C=O) groups is 1. The minimum Gasteiger partial charge on any atom is -0.349 e. The Kier molecular flexibility index (Phi) is 4.45. The molecule has 1 N–H and O–H groups in total. The minimum absolute atomic E-state index is 0.0962. The van der Waals surface area contributed by atoms with Gasteiger partial charge in [0.1, 0.15) is 6.10 Å². The van der Waals surface area contributed by atoms with E-state index in [-0.39, 0.29) is 12.0 Å². The highest BCUT2D eigenvalue weighted by atomic mass is 35.5. The third kappa shape index (κ3) is 3.93. The van der Waals surface area contributed by atoms with Crippen LogP contribution in [0, 0.1) is 0 Å². The van der Waals surface area contributed by atoms with Gasteiger partial charge in [0.2, 0.25) is 0 Å². The summed E-state index contributed by atoms with van der Waals surface area (Å²) in [4.78, 5) is 11.9. The van der Waals surface area contributed by atoms with E-state index in [9.17, 15) is 4.79 Å². The molecule has 1 saturated heterocycles. The zero-order valence-electron chi connectivity index (χ0n) is 11.1. The van der Waals surface area contributed by atoms with Crippen molar-refractivity contribution in [1.82, 2.24) is 5.32 Å². The number of nitrogens with one attached hydrogen (secondary N) is 1. The summed E-state index contributed by atoms with van der Waals surface area (Å²) in [5.74, 6) is -0.226. The van der Waals surface area contributed by atoms with Crippen molar-refractivity contribution in [3.8, 4) is 0 Å². The molecular formula is C14H18ClNO3. The van der Waals surface area contributed by atoms with Gasteiger partial charge >= 0.3 is 0 Å². The molecule has 1 aliphatic rings. The number of alkyl halides is 1. The molecule has 0 bridgehead atoms. The standard InChI is InChI=1S/C14H18ClNO3/c1-14(2)18-9-12(19-14)8-16-13(17)11-5-3-10(7-15)4-6-11/h3-6,12H,7-9H2,1-2H3,(H,16,17). The number of carbonyl (C=O) groups excluding carboxylic acids is 1. The van der Waals surface area contributed by atoms with Crippen LogP contribution in [0.25, 0.3) is 0 Å². The molecule has 1 atom stereocenters. The van der Waals surface area contributed by atoms with Crippen molar-refractivity contribution in [3.63, 3.8) is 0 Å². The van der Waals surface area contributed by atoms with E-state index in [4.69, 9.17) is 21.1 Å². The molecule has 5 heteroatoms. The van der Waals surface area contributed by atoms with E-state index < -0.39 is 5.79 Å². The molecule has 1 aliphatic heterocycles. The average molecular weight is 284 g/mol. The highest BCUT2D eigenvalue weighted by Crippen LogP contribution is 2.21. The van der Waals surface area contributed by atoms with Gasteiger partial charge in [-0.3, -0.25) is 4.79 Å². The lowest BCUT2D eigenvalue weighted by Crippen LogP contribution is -2.34. The smallest absolute Gasteiger partial charge is 0.251 e. The Balaban J connectivity index is 1.84. The first kappa shape index (κ1) is 14.3. The summed E-state index contributed by atoms with van der Waals surface area (Å²) in [6.07, 6.45) is -0.0962. The summed E-state index contributed by atoms with van der Waals surface area (Å²) < 4.78 is 11.1. The molecule has 0 saturated carbocycles. The van der Waals surface area contributed by atoms with Gasteiger partial charge in [-0.2, -0.15) is 0 Å². The lowest BCUT2D eigenvalue weighted by Gasteiger charge is -2.17. The lowest BCUT2D eigenvalue weighted by atomic mass is 10.1. The molecule has 0 spiro atoms. The van der Waals surface area contributed by atoms with Crippen LogP contribution in [0.1, 0.15) is 29.8 Å². The number of benzene rings is 1. The summed E-state index contributed by atoms with van der Waals surface area (Å²) in [5.41, 5.74) is 1.61. The molecule has 104 valence electrons. The summed E-state index contributed by atoms with van der Waals surface area (Å²) in [7, 11) is 0. The Hall–Kier alpha value is -1.10. The Labute approximate surface area is 118 Å². The Morgan fingerprint density at radius 3 is 2.63 bits per heavy atom. The number of halogens is 1. The molecule has 19 heavy (non-hydrogen) atoms. The average Bonchev–Trinajstić information content (AvgIpc) is 2.76. The molecule has 4 nitrogen and oxygen atoms in total. The molecule has 1 amide bonds. The summed E-state index contributed by atoms with van der Waals surface area (Å²) in [5, 5.41) is 2.84. The van der Waals surface area contributed by atoms with Crippen molar-refractivity contribution < 1.29 is 14.3 Å². The fraction of sp³-hybridized carbons (Fsp3) is 0.500. The third-order valence-electron chi connectivity index (χ3n) is 2.93. The van der Waals surface area contributed by atoms with Crippen molar-refractivity contribution in [2.45, 2.75) is 31.6 Å². The second kappa shape index (κ2) is 5.90. The second-order valence-corrected chi connectivity index (χ2v) is 5.26. The number of amides is 1. The molecule has 1 aromatic carbocycles. The fourth-order valence-electron chi connectivity index (χ4n) is 1.92. The number of hydrogen-bond donors (Lipinski definition) is 1. The number of hydrogen-bond acceptors (Lipinski definition) is 3. The van der Waals surface area contributed by atoms with Gasteiger partial charge in [0.25, 0.3) is 5.91 Å². The monoisotopic (exact) mass is 283 g/mol. The zero-order valence-corrected chi connectivity index (χ0v) is 11.9. The molecular weight excluding hydrogens is 266 g/mol. The van der Waals surface area contributed by atoms with Gasteiger partial charge in [0, 0.05) is 18.0 Å². The molecule has 1 aromatic rings. The summed E-state index contributed by atoms with van der Waals surface area (Å²) in [6.45, 7) is 4.66. The van der Waals surface area contributed by atoms with Gasteiger partial charge in [-0.25, -0.2) is 0 Å². The highest BCUT2D eigenvalue weighted by Gasteiger charge is 2.32. The first-order chi connectivity index (χ1) is 9.00. The van der Waals surface area contributed by atoms with Crippen LogP contribution in [-0.4, -0.2) is 30.9 Å². The van der Waals surface area contributed by atoms with E-state index in [0.717, 1.165) is 5.56 Å². The van der Waals surface area contributed by atoms with E-state index in [1.165, 1.54) is 0 Å². The first-order valence-electron chi connectivity index (χ1n) is 6.25. The highest BCUT2D eigenvalue weighted by molar-refractivity contribution is 6.17. The maximum absolute atomic E-state index is 11.9. The zero-order chi connectivity index (χ0) is 13.9. The first-order valence-corrected chi connectivity index (χ1v) is 6.78. The van der Waals surface area contributed by atoms with Crippen molar-refractivity contribution in [3.05, 3.63) is 35.4 Å². The molecule has 1 unspecified atom stereocenters. The van der Waals surface area contributed by atoms with Gasteiger partial charge in [-0.1, -0.05) is 12.1 Å². The molecule has 1 fully saturated rings. The van der Waals surface area contributed by atoms with Gasteiger partial charge < -0.3 is 14.8 Å². The van der Waals surface area contributed by atoms with Gasteiger partial charge in [-0.05, 0) is 31.5 Å². The largest absolute Gasteiger partial charge is 0.349 e. The topological polar surface area (TPSA) is 47.6 Å². The van der Waals surface area contributed by atoms with Crippen LogP contribution in [0.5, 0.6) is 0 Å². The Bertz CT molecular complexity index is 445. The van der Waals surface area contributed by atoms with Crippen molar-refractivity contribution in [2.24, 2.45) is 0 Å². The van der Waals surface area contributed by atoms with Gasteiger partial charge in [0.05, 0.1) is 6.61 Å².